The van der Waals surface area contributed by atoms with E-state index in [0.717, 1.165) is 13.0 Å². The highest BCUT2D eigenvalue weighted by molar-refractivity contribution is 9.10. The fraction of sp³-hybridized carbons (Fsp3) is 0.538. The lowest BCUT2D eigenvalue weighted by molar-refractivity contribution is 0.375. The Morgan fingerprint density at radius 2 is 2.31 bits per heavy atom. The lowest BCUT2D eigenvalue weighted by Gasteiger charge is -2.27. The van der Waals surface area contributed by atoms with E-state index >= 15 is 0 Å². The summed E-state index contributed by atoms with van der Waals surface area (Å²) in [4.78, 5) is 1.40. The molecule has 1 nitrogen and oxygen atoms in total. The van der Waals surface area contributed by atoms with E-state index < -0.39 is 0 Å². The molecule has 16 heavy (non-hydrogen) atoms. The smallest absolute Gasteiger partial charge is 0.0314 e. The van der Waals surface area contributed by atoms with Crippen LogP contribution in [-0.2, 0) is 6.42 Å². The Morgan fingerprint density at radius 3 is 2.75 bits per heavy atom. The molecule has 0 aromatic carbocycles. The molecule has 0 fully saturated rings. The van der Waals surface area contributed by atoms with Crippen molar-refractivity contribution in [3.8, 4) is 0 Å². The van der Waals surface area contributed by atoms with Gasteiger partial charge in [-0.2, -0.15) is 0 Å². The average Bonchev–Trinajstić information content (AvgIpc) is 2.62. The summed E-state index contributed by atoms with van der Waals surface area (Å²) in [5, 5.41) is 5.61. The van der Waals surface area contributed by atoms with Crippen molar-refractivity contribution in [2.24, 2.45) is 5.41 Å². The molecule has 1 heterocycles. The first-order chi connectivity index (χ1) is 7.47. The first-order valence-electron chi connectivity index (χ1n) is 5.56. The van der Waals surface area contributed by atoms with Gasteiger partial charge >= 0.3 is 0 Å². The lowest BCUT2D eigenvalue weighted by Crippen LogP contribution is -2.35. The van der Waals surface area contributed by atoms with Crippen LogP contribution in [0.4, 0.5) is 0 Å². The second-order valence-corrected chi connectivity index (χ2v) is 6.62. The molecule has 0 aliphatic rings. The summed E-state index contributed by atoms with van der Waals surface area (Å²) in [6, 6.07) is 2.63. The van der Waals surface area contributed by atoms with Crippen molar-refractivity contribution < 1.29 is 0 Å². The molecule has 0 amide bonds. The average molecular weight is 302 g/mol. The predicted molar refractivity (Wildman–Crippen MR) is 77.2 cm³/mol. The van der Waals surface area contributed by atoms with Crippen LogP contribution in [0, 0.1) is 5.41 Å². The zero-order chi connectivity index (χ0) is 12.2. The minimum atomic E-state index is 0.123. The van der Waals surface area contributed by atoms with Crippen molar-refractivity contribution in [1.29, 1.82) is 0 Å². The Labute approximate surface area is 111 Å². The van der Waals surface area contributed by atoms with E-state index in [2.05, 4.69) is 66.1 Å². The third kappa shape index (κ3) is 4.04. The number of halogens is 1. The van der Waals surface area contributed by atoms with Gasteiger partial charge in [-0.15, -0.1) is 17.9 Å². The van der Waals surface area contributed by atoms with Gasteiger partial charge in [-0.3, -0.25) is 0 Å². The summed E-state index contributed by atoms with van der Waals surface area (Å²) in [6.45, 7) is 11.5. The van der Waals surface area contributed by atoms with Gasteiger partial charge in [0.1, 0.15) is 0 Å². The van der Waals surface area contributed by atoms with Crippen LogP contribution in [0.2, 0.25) is 0 Å². The van der Waals surface area contributed by atoms with E-state index in [4.69, 9.17) is 0 Å². The molecule has 0 bridgehead atoms. The van der Waals surface area contributed by atoms with Gasteiger partial charge in [0.2, 0.25) is 0 Å². The summed E-state index contributed by atoms with van der Waals surface area (Å²) in [6.07, 6.45) is 3.10. The molecule has 90 valence electrons. The van der Waals surface area contributed by atoms with Crippen molar-refractivity contribution in [2.45, 2.75) is 33.2 Å². The van der Waals surface area contributed by atoms with Crippen molar-refractivity contribution in [1.82, 2.24) is 5.32 Å². The molecule has 1 aromatic heterocycles. The Kier molecular flexibility index (Phi) is 5.22. The van der Waals surface area contributed by atoms with Gasteiger partial charge in [0.25, 0.3) is 0 Å². The summed E-state index contributed by atoms with van der Waals surface area (Å²) < 4.78 is 1.22. The second-order valence-electron chi connectivity index (χ2n) is 4.76. The molecule has 1 rings (SSSR count). The summed E-state index contributed by atoms with van der Waals surface area (Å²) >= 11 is 5.39. The van der Waals surface area contributed by atoms with Crippen molar-refractivity contribution in [2.75, 3.05) is 6.54 Å². The number of nitrogens with one attached hydrogen (secondary N) is 1. The van der Waals surface area contributed by atoms with E-state index in [1.165, 1.54) is 9.35 Å². The van der Waals surface area contributed by atoms with Crippen LogP contribution in [0.3, 0.4) is 0 Å². The number of rotatable bonds is 6. The third-order valence-electron chi connectivity index (χ3n) is 2.66. The molecule has 0 spiro atoms. The molecule has 1 N–H and O–H groups in total. The van der Waals surface area contributed by atoms with Crippen molar-refractivity contribution in [3.05, 3.63) is 33.5 Å². The maximum atomic E-state index is 3.97. The Morgan fingerprint density at radius 1 is 1.62 bits per heavy atom. The summed E-state index contributed by atoms with van der Waals surface area (Å²) in [5.74, 6) is 0. The fourth-order valence-electron chi connectivity index (χ4n) is 1.46. The summed E-state index contributed by atoms with van der Waals surface area (Å²) in [7, 11) is 0. The fourth-order valence-corrected chi connectivity index (χ4v) is 3.15. The number of hydrogen-bond acceptors (Lipinski definition) is 2. The van der Waals surface area contributed by atoms with Crippen molar-refractivity contribution in [3.63, 3.8) is 0 Å². The van der Waals surface area contributed by atoms with E-state index in [-0.39, 0.29) is 5.41 Å². The maximum absolute atomic E-state index is 3.97. The maximum Gasteiger partial charge on any atom is 0.0314 e. The normalized spacial score (nSPS) is 15.1. The Balaban J connectivity index is 2.66. The third-order valence-corrected chi connectivity index (χ3v) is 4.59. The van der Waals surface area contributed by atoms with Gasteiger partial charge in [-0.25, -0.2) is 0 Å². The molecule has 1 aromatic rings. The Bertz CT molecular complexity index is 345. The zero-order valence-electron chi connectivity index (χ0n) is 10.2. The molecule has 1 atom stereocenters. The van der Waals surface area contributed by atoms with Gasteiger partial charge in [0.05, 0.1) is 0 Å². The zero-order valence-corrected chi connectivity index (χ0v) is 12.6. The molecular weight excluding hydrogens is 282 g/mol. The van der Waals surface area contributed by atoms with Gasteiger partial charge in [-0.05, 0) is 33.8 Å². The van der Waals surface area contributed by atoms with Gasteiger partial charge in [0, 0.05) is 27.4 Å². The quantitative estimate of drug-likeness (QED) is 0.775. The predicted octanol–water partition coefficient (Wildman–Crippen LogP) is 4.24. The van der Waals surface area contributed by atoms with Crippen LogP contribution in [0.25, 0.3) is 0 Å². The molecule has 0 aliphatic carbocycles. The van der Waals surface area contributed by atoms with Crippen molar-refractivity contribution >= 4 is 27.3 Å². The standard InChI is InChI=1S/C13H20BrNS/c1-5-13(4,9-15-10(2)3)8-12-11(14)6-7-16-12/h5-7,10,15H,1,8-9H2,2-4H3. The van der Waals surface area contributed by atoms with Gasteiger partial charge < -0.3 is 5.32 Å². The van der Waals surface area contributed by atoms with Crippen LogP contribution < -0.4 is 5.32 Å². The number of hydrogen-bond donors (Lipinski definition) is 1. The molecule has 0 saturated carbocycles. The van der Waals surface area contributed by atoms with E-state index in [0.29, 0.717) is 6.04 Å². The topological polar surface area (TPSA) is 12.0 Å². The van der Waals surface area contributed by atoms with Crippen LogP contribution >= 0.6 is 27.3 Å². The summed E-state index contributed by atoms with van der Waals surface area (Å²) in [5.41, 5.74) is 0.123. The van der Waals surface area contributed by atoms with E-state index in [1.807, 2.05) is 0 Å². The first-order valence-corrected chi connectivity index (χ1v) is 7.23. The second kappa shape index (κ2) is 5.99. The van der Waals surface area contributed by atoms with Gasteiger partial charge in [0.15, 0.2) is 0 Å². The Hall–Kier alpha value is -0.120. The molecule has 0 radical (unpaired) electrons. The molecule has 3 heteroatoms. The SMILES string of the molecule is C=CC(C)(CNC(C)C)Cc1sccc1Br. The molecule has 0 saturated heterocycles. The van der Waals surface area contributed by atoms with Crippen LogP contribution in [-0.4, -0.2) is 12.6 Å². The molecular formula is C13H20BrNS. The van der Waals surface area contributed by atoms with Crippen LogP contribution in [0.1, 0.15) is 25.6 Å². The van der Waals surface area contributed by atoms with E-state index in [9.17, 15) is 0 Å². The highest BCUT2D eigenvalue weighted by atomic mass is 79.9. The molecule has 0 aliphatic heterocycles. The first kappa shape index (κ1) is 13.9. The minimum absolute atomic E-state index is 0.123. The highest BCUT2D eigenvalue weighted by Crippen LogP contribution is 2.31. The monoisotopic (exact) mass is 301 g/mol. The number of thiophene rings is 1. The lowest BCUT2D eigenvalue weighted by atomic mass is 9.86. The molecule has 1 unspecified atom stereocenters. The van der Waals surface area contributed by atoms with Gasteiger partial charge in [-0.1, -0.05) is 26.8 Å². The largest absolute Gasteiger partial charge is 0.314 e. The minimum Gasteiger partial charge on any atom is -0.314 e. The van der Waals surface area contributed by atoms with Crippen LogP contribution in [0.5, 0.6) is 0 Å². The van der Waals surface area contributed by atoms with E-state index in [1.54, 1.807) is 11.3 Å². The highest BCUT2D eigenvalue weighted by Gasteiger charge is 2.22. The van der Waals surface area contributed by atoms with Crippen LogP contribution in [0.15, 0.2) is 28.6 Å².